The van der Waals surface area contributed by atoms with Gasteiger partial charge in [0, 0.05) is 13.1 Å². The maximum atomic E-state index is 6.11. The van der Waals surface area contributed by atoms with E-state index >= 15 is 0 Å². The Hall–Kier alpha value is -2.04. The lowest BCUT2D eigenvalue weighted by atomic mass is 10.1. The first-order chi connectivity index (χ1) is 15.3. The third-order valence-electron chi connectivity index (χ3n) is 7.08. The monoisotopic (exact) mass is 420 g/mol. The molecule has 0 bridgehead atoms. The van der Waals surface area contributed by atoms with Crippen molar-refractivity contribution >= 4 is 0 Å². The van der Waals surface area contributed by atoms with E-state index in [0.717, 1.165) is 44.2 Å². The van der Waals surface area contributed by atoms with E-state index in [1.54, 1.807) is 0 Å². The largest absolute Gasteiger partial charge is 0.492 e. The highest BCUT2D eigenvalue weighted by atomic mass is 16.5. The van der Waals surface area contributed by atoms with Crippen LogP contribution in [0.15, 0.2) is 36.4 Å². The van der Waals surface area contributed by atoms with Gasteiger partial charge in [0.2, 0.25) is 0 Å². The fourth-order valence-electron chi connectivity index (χ4n) is 5.28. The Balaban J connectivity index is 1.16. The predicted molar refractivity (Wildman–Crippen MR) is 126 cm³/mol. The van der Waals surface area contributed by atoms with E-state index in [2.05, 4.69) is 46.2 Å². The van der Waals surface area contributed by atoms with Gasteiger partial charge in [-0.05, 0) is 105 Å². The second kappa shape index (κ2) is 10.1. The van der Waals surface area contributed by atoms with Gasteiger partial charge >= 0.3 is 0 Å². The minimum absolute atomic E-state index is 0.773. The maximum absolute atomic E-state index is 6.11. The highest BCUT2D eigenvalue weighted by Gasteiger charge is 2.20. The number of hydrogen-bond donors (Lipinski definition) is 0. The Morgan fingerprint density at radius 1 is 0.581 bits per heavy atom. The van der Waals surface area contributed by atoms with Crippen molar-refractivity contribution in [3.63, 3.8) is 0 Å². The van der Waals surface area contributed by atoms with Crippen LogP contribution in [-0.4, -0.2) is 62.3 Å². The number of rotatable bonds is 8. The van der Waals surface area contributed by atoms with Crippen molar-refractivity contribution in [3.8, 4) is 22.6 Å². The molecule has 0 N–H and O–H groups in total. The molecule has 2 aromatic carbocycles. The fraction of sp³-hybridized carbons (Fsp3) is 0.556. The molecule has 3 aliphatic rings. The molecular formula is C27H36N2O2. The van der Waals surface area contributed by atoms with Crippen molar-refractivity contribution < 1.29 is 9.47 Å². The SMILES string of the molecule is c1cc2c(cc1OCCN1CCCCC1)Cc1ccc(OCCN3CCCCC3)cc1-2. The zero-order chi connectivity index (χ0) is 20.9. The second-order valence-corrected chi connectivity index (χ2v) is 9.32. The first-order valence-electron chi connectivity index (χ1n) is 12.3. The van der Waals surface area contributed by atoms with Crippen LogP contribution in [0.1, 0.15) is 49.7 Å². The molecule has 0 unspecified atom stereocenters. The molecule has 2 heterocycles. The summed E-state index contributed by atoms with van der Waals surface area (Å²) in [4.78, 5) is 5.05. The van der Waals surface area contributed by atoms with Gasteiger partial charge in [-0.3, -0.25) is 9.80 Å². The van der Waals surface area contributed by atoms with Gasteiger partial charge in [-0.1, -0.05) is 25.0 Å². The Labute approximate surface area is 187 Å². The molecule has 0 amide bonds. The number of fused-ring (bicyclic) bond motifs is 3. The number of ether oxygens (including phenoxy) is 2. The summed E-state index contributed by atoms with van der Waals surface area (Å²) in [6.45, 7) is 8.53. The van der Waals surface area contributed by atoms with Gasteiger partial charge in [-0.2, -0.15) is 0 Å². The molecule has 2 saturated heterocycles. The van der Waals surface area contributed by atoms with E-state index < -0.39 is 0 Å². The number of nitrogens with zero attached hydrogens (tertiary/aromatic N) is 2. The van der Waals surface area contributed by atoms with Crippen molar-refractivity contribution in [1.29, 1.82) is 0 Å². The molecule has 4 heteroatoms. The summed E-state index contributed by atoms with van der Waals surface area (Å²) < 4.78 is 12.2. The van der Waals surface area contributed by atoms with Crippen LogP contribution in [0.5, 0.6) is 11.5 Å². The van der Waals surface area contributed by atoms with Gasteiger partial charge in [0.1, 0.15) is 24.7 Å². The smallest absolute Gasteiger partial charge is 0.120 e. The molecule has 0 saturated carbocycles. The molecule has 4 nitrogen and oxygen atoms in total. The first-order valence-corrected chi connectivity index (χ1v) is 12.3. The van der Waals surface area contributed by atoms with E-state index in [1.807, 2.05) is 0 Å². The van der Waals surface area contributed by atoms with Crippen LogP contribution in [0.4, 0.5) is 0 Å². The summed E-state index contributed by atoms with van der Waals surface area (Å²) in [5, 5.41) is 0. The Morgan fingerprint density at radius 3 is 1.81 bits per heavy atom. The Morgan fingerprint density at radius 2 is 1.16 bits per heavy atom. The molecule has 2 aliphatic heterocycles. The molecule has 0 radical (unpaired) electrons. The van der Waals surface area contributed by atoms with Gasteiger partial charge in [0.05, 0.1) is 0 Å². The molecule has 2 fully saturated rings. The highest BCUT2D eigenvalue weighted by Crippen LogP contribution is 2.40. The van der Waals surface area contributed by atoms with Gasteiger partial charge in [-0.25, -0.2) is 0 Å². The molecule has 1 aliphatic carbocycles. The standard InChI is InChI=1S/C27H36N2O2/c1-3-11-28(12-4-1)15-17-30-24-9-10-26-23(20-24)19-22-7-8-25(21-27(22)26)31-18-16-29-13-5-2-6-14-29/h7-10,20-21H,1-6,11-19H2. The minimum Gasteiger partial charge on any atom is -0.492 e. The Bertz CT molecular complexity index is 870. The topological polar surface area (TPSA) is 24.9 Å². The normalized spacial score (nSPS) is 19.1. The van der Waals surface area contributed by atoms with Crippen LogP contribution in [0, 0.1) is 0 Å². The van der Waals surface area contributed by atoms with Crippen molar-refractivity contribution in [2.24, 2.45) is 0 Å². The number of piperidine rings is 2. The molecule has 166 valence electrons. The van der Waals surface area contributed by atoms with Gasteiger partial charge < -0.3 is 9.47 Å². The van der Waals surface area contributed by atoms with Crippen molar-refractivity contribution in [1.82, 2.24) is 9.80 Å². The molecule has 0 aromatic heterocycles. The molecule has 0 atom stereocenters. The van der Waals surface area contributed by atoms with Crippen LogP contribution in [0.2, 0.25) is 0 Å². The van der Waals surface area contributed by atoms with Gasteiger partial charge in [-0.15, -0.1) is 0 Å². The van der Waals surface area contributed by atoms with E-state index in [-0.39, 0.29) is 0 Å². The zero-order valence-electron chi connectivity index (χ0n) is 18.8. The quantitative estimate of drug-likeness (QED) is 0.513. The maximum Gasteiger partial charge on any atom is 0.120 e. The fourth-order valence-corrected chi connectivity index (χ4v) is 5.28. The molecular weight excluding hydrogens is 384 g/mol. The molecule has 2 aromatic rings. The van der Waals surface area contributed by atoms with E-state index in [4.69, 9.17) is 9.47 Å². The van der Waals surface area contributed by atoms with E-state index in [1.165, 1.54) is 87.0 Å². The lowest BCUT2D eigenvalue weighted by Crippen LogP contribution is -2.33. The van der Waals surface area contributed by atoms with Crippen LogP contribution >= 0.6 is 0 Å². The van der Waals surface area contributed by atoms with Crippen LogP contribution < -0.4 is 9.47 Å². The van der Waals surface area contributed by atoms with E-state index in [0.29, 0.717) is 0 Å². The molecule has 0 spiro atoms. The number of benzene rings is 2. The number of likely N-dealkylation sites (tertiary alicyclic amines) is 2. The van der Waals surface area contributed by atoms with Crippen LogP contribution in [-0.2, 0) is 6.42 Å². The summed E-state index contributed by atoms with van der Waals surface area (Å²) in [7, 11) is 0. The predicted octanol–water partition coefficient (Wildman–Crippen LogP) is 4.99. The highest BCUT2D eigenvalue weighted by molar-refractivity contribution is 5.78. The summed E-state index contributed by atoms with van der Waals surface area (Å²) in [6, 6.07) is 13.2. The summed E-state index contributed by atoms with van der Waals surface area (Å²) in [6.07, 6.45) is 9.09. The number of hydrogen-bond acceptors (Lipinski definition) is 4. The molecule has 5 rings (SSSR count). The average Bonchev–Trinajstić information content (AvgIpc) is 3.18. The third kappa shape index (κ3) is 5.24. The minimum atomic E-state index is 0.773. The van der Waals surface area contributed by atoms with Crippen molar-refractivity contribution in [3.05, 3.63) is 47.5 Å². The first kappa shape index (κ1) is 20.8. The zero-order valence-corrected chi connectivity index (χ0v) is 18.8. The summed E-state index contributed by atoms with van der Waals surface area (Å²) in [5.74, 6) is 1.99. The summed E-state index contributed by atoms with van der Waals surface area (Å²) in [5.41, 5.74) is 5.42. The van der Waals surface area contributed by atoms with Crippen molar-refractivity contribution in [2.45, 2.75) is 44.9 Å². The average molecular weight is 421 g/mol. The lowest BCUT2D eigenvalue weighted by molar-refractivity contribution is 0.183. The third-order valence-corrected chi connectivity index (χ3v) is 7.08. The lowest BCUT2D eigenvalue weighted by Gasteiger charge is -2.26. The second-order valence-electron chi connectivity index (χ2n) is 9.32. The van der Waals surface area contributed by atoms with E-state index in [9.17, 15) is 0 Å². The van der Waals surface area contributed by atoms with Crippen molar-refractivity contribution in [2.75, 3.05) is 52.5 Å². The van der Waals surface area contributed by atoms with Crippen LogP contribution in [0.25, 0.3) is 11.1 Å². The Kier molecular flexibility index (Phi) is 6.76. The van der Waals surface area contributed by atoms with Gasteiger partial charge in [0.15, 0.2) is 0 Å². The van der Waals surface area contributed by atoms with Crippen LogP contribution in [0.3, 0.4) is 0 Å². The molecule has 31 heavy (non-hydrogen) atoms. The van der Waals surface area contributed by atoms with Gasteiger partial charge in [0.25, 0.3) is 0 Å². The summed E-state index contributed by atoms with van der Waals surface area (Å²) >= 11 is 0.